The first-order valence-corrected chi connectivity index (χ1v) is 11.4. The van der Waals surface area contributed by atoms with Crippen LogP contribution >= 0.6 is 0 Å². The minimum Gasteiger partial charge on any atom is -0.412 e. The Morgan fingerprint density at radius 2 is 2.13 bits per heavy atom. The van der Waals surface area contributed by atoms with Gasteiger partial charge in [-0.15, -0.1) is 0 Å². The number of aromatic nitrogens is 2. The van der Waals surface area contributed by atoms with Gasteiger partial charge in [-0.3, -0.25) is 9.48 Å². The number of piperidine rings is 1. The molecule has 1 aromatic heterocycles. The van der Waals surface area contributed by atoms with Gasteiger partial charge in [-0.1, -0.05) is 20.8 Å². The van der Waals surface area contributed by atoms with E-state index in [2.05, 4.69) is 39.0 Å². The van der Waals surface area contributed by atoms with Crippen molar-refractivity contribution >= 4 is 14.2 Å². The fourth-order valence-corrected chi connectivity index (χ4v) is 4.08. The van der Waals surface area contributed by atoms with Gasteiger partial charge in [0.1, 0.15) is 0 Å². The van der Waals surface area contributed by atoms with Crippen LogP contribution in [0, 0.1) is 0 Å². The van der Waals surface area contributed by atoms with E-state index in [-0.39, 0.29) is 17.0 Å². The molecule has 1 fully saturated rings. The molecule has 0 bridgehead atoms. The van der Waals surface area contributed by atoms with E-state index in [1.54, 1.807) is 10.9 Å². The number of nitrogens with zero attached hydrogens (tertiary/aromatic N) is 3. The summed E-state index contributed by atoms with van der Waals surface area (Å²) in [4.78, 5) is 14.5. The standard InChI is InChI=1S/C17H31N3O2Si/c1-17(2,3)23(5,6)22-15-8-7-11-20(13-15)16(21)12-14-9-10-18-19(14)4/h9-10,15H,7-8,11-13H2,1-6H3. The molecule has 0 radical (unpaired) electrons. The van der Waals surface area contributed by atoms with Gasteiger partial charge in [-0.2, -0.15) is 5.10 Å². The molecule has 1 unspecified atom stereocenters. The number of hydrogen-bond acceptors (Lipinski definition) is 3. The Bertz CT molecular complexity index is 548. The Hall–Kier alpha value is -1.14. The highest BCUT2D eigenvalue weighted by Gasteiger charge is 2.40. The zero-order valence-electron chi connectivity index (χ0n) is 15.4. The highest BCUT2D eigenvalue weighted by molar-refractivity contribution is 6.74. The number of rotatable bonds is 4. The summed E-state index contributed by atoms with van der Waals surface area (Å²) >= 11 is 0. The minimum absolute atomic E-state index is 0.178. The second-order valence-electron chi connectivity index (χ2n) is 8.11. The molecule has 1 aliphatic rings. The van der Waals surface area contributed by atoms with Gasteiger partial charge in [0.15, 0.2) is 8.32 Å². The van der Waals surface area contributed by atoms with Crippen LogP contribution in [0.4, 0.5) is 0 Å². The normalized spacial score (nSPS) is 19.9. The van der Waals surface area contributed by atoms with E-state index < -0.39 is 8.32 Å². The van der Waals surface area contributed by atoms with E-state index in [1.807, 2.05) is 18.0 Å². The second-order valence-corrected chi connectivity index (χ2v) is 12.9. The maximum Gasteiger partial charge on any atom is 0.228 e. The van der Waals surface area contributed by atoms with E-state index >= 15 is 0 Å². The summed E-state index contributed by atoms with van der Waals surface area (Å²) in [6.07, 6.45) is 4.42. The number of carbonyl (C=O) groups is 1. The SMILES string of the molecule is Cn1nccc1CC(=O)N1CCCC(O[Si](C)(C)C(C)(C)C)C1. The summed E-state index contributed by atoms with van der Waals surface area (Å²) in [6, 6.07) is 1.91. The van der Waals surface area contributed by atoms with Crippen LogP contribution in [0.1, 0.15) is 39.3 Å². The number of likely N-dealkylation sites (tertiary alicyclic amines) is 1. The van der Waals surface area contributed by atoms with Crippen molar-refractivity contribution in [2.75, 3.05) is 13.1 Å². The lowest BCUT2D eigenvalue weighted by Gasteiger charge is -2.42. The molecular weight excluding hydrogens is 306 g/mol. The van der Waals surface area contributed by atoms with Gasteiger partial charge in [0, 0.05) is 32.0 Å². The van der Waals surface area contributed by atoms with Gasteiger partial charge in [0.05, 0.1) is 12.5 Å². The Morgan fingerprint density at radius 3 is 2.70 bits per heavy atom. The molecule has 130 valence electrons. The first-order valence-electron chi connectivity index (χ1n) is 8.52. The monoisotopic (exact) mass is 337 g/mol. The molecule has 6 heteroatoms. The molecule has 1 saturated heterocycles. The van der Waals surface area contributed by atoms with Crippen molar-refractivity contribution in [1.82, 2.24) is 14.7 Å². The van der Waals surface area contributed by atoms with E-state index in [0.29, 0.717) is 6.42 Å². The van der Waals surface area contributed by atoms with Gasteiger partial charge in [-0.25, -0.2) is 0 Å². The van der Waals surface area contributed by atoms with E-state index in [0.717, 1.165) is 31.6 Å². The Kier molecular flexibility index (Phi) is 5.36. The minimum atomic E-state index is -1.78. The predicted octanol–water partition coefficient (Wildman–Crippen LogP) is 2.98. The molecule has 2 rings (SSSR count). The number of amides is 1. The van der Waals surface area contributed by atoms with Crippen LogP contribution in [-0.4, -0.2) is 48.1 Å². The third kappa shape index (κ3) is 4.44. The van der Waals surface area contributed by atoms with Crippen LogP contribution in [0.2, 0.25) is 18.1 Å². The maximum atomic E-state index is 12.6. The highest BCUT2D eigenvalue weighted by atomic mass is 28.4. The quantitative estimate of drug-likeness (QED) is 0.794. The average Bonchev–Trinajstić information content (AvgIpc) is 2.83. The van der Waals surface area contributed by atoms with Gasteiger partial charge in [0.2, 0.25) is 5.91 Å². The van der Waals surface area contributed by atoms with Crippen molar-refractivity contribution in [3.63, 3.8) is 0 Å². The molecule has 0 aromatic carbocycles. The van der Waals surface area contributed by atoms with Gasteiger partial charge >= 0.3 is 0 Å². The predicted molar refractivity (Wildman–Crippen MR) is 94.8 cm³/mol. The Labute approximate surface area is 141 Å². The van der Waals surface area contributed by atoms with Crippen molar-refractivity contribution in [3.8, 4) is 0 Å². The fourth-order valence-electron chi connectivity index (χ4n) is 2.70. The molecule has 1 amide bonds. The van der Waals surface area contributed by atoms with Crippen LogP contribution in [-0.2, 0) is 22.7 Å². The summed E-state index contributed by atoms with van der Waals surface area (Å²) in [5.74, 6) is 0.178. The molecule has 1 aliphatic heterocycles. The lowest BCUT2D eigenvalue weighted by molar-refractivity contribution is -0.133. The van der Waals surface area contributed by atoms with Crippen molar-refractivity contribution in [3.05, 3.63) is 18.0 Å². The third-order valence-electron chi connectivity index (χ3n) is 5.25. The van der Waals surface area contributed by atoms with Crippen LogP contribution in [0.5, 0.6) is 0 Å². The Morgan fingerprint density at radius 1 is 1.43 bits per heavy atom. The van der Waals surface area contributed by atoms with Gasteiger partial charge in [-0.05, 0) is 37.0 Å². The molecule has 23 heavy (non-hydrogen) atoms. The zero-order chi connectivity index (χ0) is 17.3. The lowest BCUT2D eigenvalue weighted by Crippen LogP contribution is -2.50. The fraction of sp³-hybridized carbons (Fsp3) is 0.765. The molecule has 0 saturated carbocycles. The topological polar surface area (TPSA) is 47.4 Å². The highest BCUT2D eigenvalue weighted by Crippen LogP contribution is 2.38. The van der Waals surface area contributed by atoms with E-state index in [4.69, 9.17) is 4.43 Å². The summed E-state index contributed by atoms with van der Waals surface area (Å²) in [6.45, 7) is 12.9. The van der Waals surface area contributed by atoms with Crippen molar-refractivity contribution < 1.29 is 9.22 Å². The lowest BCUT2D eigenvalue weighted by atomic mass is 10.1. The van der Waals surface area contributed by atoms with Crippen LogP contribution in [0.15, 0.2) is 12.3 Å². The van der Waals surface area contributed by atoms with Crippen molar-refractivity contribution in [1.29, 1.82) is 0 Å². The molecule has 1 atom stereocenters. The first-order chi connectivity index (χ1) is 10.6. The Balaban J connectivity index is 1.95. The first kappa shape index (κ1) is 18.2. The number of hydrogen-bond donors (Lipinski definition) is 0. The van der Waals surface area contributed by atoms with Crippen LogP contribution in [0.3, 0.4) is 0 Å². The summed E-state index contributed by atoms with van der Waals surface area (Å²) in [7, 11) is 0.0961. The molecule has 0 N–H and O–H groups in total. The van der Waals surface area contributed by atoms with Crippen LogP contribution in [0.25, 0.3) is 0 Å². The van der Waals surface area contributed by atoms with Gasteiger partial charge < -0.3 is 9.33 Å². The largest absolute Gasteiger partial charge is 0.412 e. The maximum absolute atomic E-state index is 12.6. The summed E-state index contributed by atoms with van der Waals surface area (Å²) in [5, 5.41) is 4.33. The molecule has 2 heterocycles. The van der Waals surface area contributed by atoms with Crippen molar-refractivity contribution in [2.45, 2.75) is 64.3 Å². The van der Waals surface area contributed by atoms with Crippen LogP contribution < -0.4 is 0 Å². The summed E-state index contributed by atoms with van der Waals surface area (Å²) < 4.78 is 8.28. The van der Waals surface area contributed by atoms with Crippen molar-refractivity contribution in [2.24, 2.45) is 7.05 Å². The molecule has 0 spiro atoms. The molecule has 0 aliphatic carbocycles. The molecular formula is C17H31N3O2Si. The summed E-state index contributed by atoms with van der Waals surface area (Å²) in [5.41, 5.74) is 0.961. The molecule has 5 nitrogen and oxygen atoms in total. The second kappa shape index (κ2) is 6.77. The third-order valence-corrected chi connectivity index (χ3v) is 9.79. The average molecular weight is 338 g/mol. The van der Waals surface area contributed by atoms with E-state index in [9.17, 15) is 4.79 Å². The molecule has 1 aromatic rings. The smallest absolute Gasteiger partial charge is 0.228 e. The number of carbonyl (C=O) groups excluding carboxylic acids is 1. The van der Waals surface area contributed by atoms with Gasteiger partial charge in [0.25, 0.3) is 0 Å². The zero-order valence-corrected chi connectivity index (χ0v) is 16.4. The number of aryl methyl sites for hydroxylation is 1. The van der Waals surface area contributed by atoms with E-state index in [1.165, 1.54) is 0 Å².